The number of hydrogen-bond acceptors (Lipinski definition) is 7. The van der Waals surface area contributed by atoms with Crippen LogP contribution in [0.2, 0.25) is 0 Å². The molecule has 3 aromatic rings. The molecule has 32 heavy (non-hydrogen) atoms. The van der Waals surface area contributed by atoms with Crippen LogP contribution in [-0.2, 0) is 27.3 Å². The van der Waals surface area contributed by atoms with Gasteiger partial charge in [-0.15, -0.1) is 11.3 Å². The van der Waals surface area contributed by atoms with E-state index < -0.39 is 16.4 Å². The fourth-order valence-corrected chi connectivity index (χ4v) is 6.84. The van der Waals surface area contributed by atoms with Crippen LogP contribution in [0.5, 0.6) is 0 Å². The number of nitrogens with zero attached hydrogens (tertiary/aromatic N) is 2. The molecule has 3 N–H and O–H groups in total. The van der Waals surface area contributed by atoms with E-state index in [2.05, 4.69) is 39.6 Å². The average Bonchev–Trinajstić information content (AvgIpc) is 3.36. The van der Waals surface area contributed by atoms with Crippen LogP contribution < -0.4 is 5.14 Å². The van der Waals surface area contributed by atoms with Crippen molar-refractivity contribution in [2.75, 3.05) is 6.61 Å². The fraction of sp³-hybridized carbons (Fsp3) is 0.478. The van der Waals surface area contributed by atoms with Gasteiger partial charge in [0.25, 0.3) is 0 Å². The number of aryl methyl sites for hydroxylation is 1. The molecule has 0 aliphatic heterocycles. The summed E-state index contributed by atoms with van der Waals surface area (Å²) in [6, 6.07) is 8.73. The van der Waals surface area contributed by atoms with Crippen LogP contribution in [0.4, 0.5) is 0 Å². The van der Waals surface area contributed by atoms with Gasteiger partial charge in [0.1, 0.15) is 6.33 Å². The Kier molecular flexibility index (Phi) is 6.02. The van der Waals surface area contributed by atoms with Crippen molar-refractivity contribution in [1.82, 2.24) is 9.97 Å². The van der Waals surface area contributed by atoms with Gasteiger partial charge in [0, 0.05) is 5.92 Å². The number of benzene rings is 1. The van der Waals surface area contributed by atoms with Crippen molar-refractivity contribution in [2.45, 2.75) is 56.5 Å². The first-order valence-electron chi connectivity index (χ1n) is 11.0. The van der Waals surface area contributed by atoms with Gasteiger partial charge in [0.15, 0.2) is 0 Å². The normalized spacial score (nSPS) is 25.8. The van der Waals surface area contributed by atoms with E-state index in [-0.39, 0.29) is 18.4 Å². The maximum Gasteiger partial charge on any atom is 0.333 e. The van der Waals surface area contributed by atoms with Gasteiger partial charge in [-0.1, -0.05) is 24.3 Å². The Morgan fingerprint density at radius 1 is 1.19 bits per heavy atom. The Labute approximate surface area is 191 Å². The summed E-state index contributed by atoms with van der Waals surface area (Å²) < 4.78 is 28.1. The van der Waals surface area contributed by atoms with Crippen molar-refractivity contribution in [3.63, 3.8) is 0 Å². The number of hydrogen-bond donors (Lipinski definition) is 2. The minimum Gasteiger partial charge on any atom is -0.393 e. The van der Waals surface area contributed by atoms with Crippen molar-refractivity contribution in [2.24, 2.45) is 11.1 Å². The Morgan fingerprint density at radius 2 is 2.03 bits per heavy atom. The first-order valence-corrected chi connectivity index (χ1v) is 13.4. The van der Waals surface area contributed by atoms with Crippen LogP contribution in [-0.4, -0.2) is 36.2 Å². The number of rotatable bonds is 6. The maximum absolute atomic E-state index is 11.1. The molecule has 2 aliphatic carbocycles. The smallest absolute Gasteiger partial charge is 0.333 e. The molecule has 4 atom stereocenters. The van der Waals surface area contributed by atoms with E-state index in [1.54, 1.807) is 17.7 Å². The van der Waals surface area contributed by atoms with Gasteiger partial charge >= 0.3 is 10.3 Å². The third-order valence-corrected chi connectivity index (χ3v) is 8.43. The van der Waals surface area contributed by atoms with Gasteiger partial charge < -0.3 is 5.11 Å². The summed E-state index contributed by atoms with van der Waals surface area (Å²) in [4.78, 5) is 9.24. The van der Waals surface area contributed by atoms with E-state index in [0.717, 1.165) is 34.3 Å². The Hall–Kier alpha value is -1.91. The largest absolute Gasteiger partial charge is 0.393 e. The summed E-state index contributed by atoms with van der Waals surface area (Å²) in [6.45, 7) is -0.0973. The zero-order chi connectivity index (χ0) is 22.3. The summed E-state index contributed by atoms with van der Waals surface area (Å²) in [7, 11) is -4.01. The molecule has 5 rings (SSSR count). The second-order valence-corrected chi connectivity index (χ2v) is 11.1. The number of aliphatic hydroxyl groups is 1. The summed E-state index contributed by atoms with van der Waals surface area (Å²) in [5.74, 6) is 0.302. The lowest BCUT2D eigenvalue weighted by Crippen LogP contribution is -2.24. The molecule has 9 heteroatoms. The van der Waals surface area contributed by atoms with E-state index in [9.17, 15) is 13.5 Å². The number of nitrogens with two attached hydrogens (primary N) is 1. The quantitative estimate of drug-likeness (QED) is 0.567. The second-order valence-electron chi connectivity index (χ2n) is 8.95. The SMILES string of the molecule is NS(=O)(=O)OC[C@@H]1C[C@@H](c2csc3c(C[C@H]4CCCc5ccccc54)ncnc23)C[C@@H]1O. The Balaban J connectivity index is 1.37. The molecule has 0 radical (unpaired) electrons. The molecule has 2 aliphatic rings. The number of aliphatic hydroxyl groups excluding tert-OH is 1. The lowest BCUT2D eigenvalue weighted by Gasteiger charge is -2.25. The third kappa shape index (κ3) is 4.45. The highest BCUT2D eigenvalue weighted by atomic mass is 32.2. The Morgan fingerprint density at radius 3 is 2.88 bits per heavy atom. The van der Waals surface area contributed by atoms with E-state index in [4.69, 9.17) is 9.32 Å². The van der Waals surface area contributed by atoms with Gasteiger partial charge in [-0.05, 0) is 72.4 Å². The van der Waals surface area contributed by atoms with Crippen molar-refractivity contribution in [3.8, 4) is 0 Å². The zero-order valence-corrected chi connectivity index (χ0v) is 19.3. The first-order chi connectivity index (χ1) is 15.4. The van der Waals surface area contributed by atoms with Gasteiger partial charge in [-0.2, -0.15) is 8.42 Å². The minimum atomic E-state index is -4.01. The average molecular weight is 474 g/mol. The molecule has 1 aromatic carbocycles. The molecule has 7 nitrogen and oxygen atoms in total. The summed E-state index contributed by atoms with van der Waals surface area (Å²) in [5.41, 5.74) is 6.04. The Bertz CT molecular complexity index is 1230. The lowest BCUT2D eigenvalue weighted by atomic mass is 9.80. The number of fused-ring (bicyclic) bond motifs is 2. The van der Waals surface area contributed by atoms with Crippen LogP contribution in [0.1, 0.15) is 59.9 Å². The molecule has 0 unspecified atom stereocenters. The summed E-state index contributed by atoms with van der Waals surface area (Å²) in [6.07, 6.45) is 6.63. The monoisotopic (exact) mass is 473 g/mol. The molecule has 0 saturated heterocycles. The molecule has 170 valence electrons. The highest BCUT2D eigenvalue weighted by Crippen LogP contribution is 2.44. The molecule has 1 fully saturated rings. The summed E-state index contributed by atoms with van der Waals surface area (Å²) >= 11 is 1.66. The predicted molar refractivity (Wildman–Crippen MR) is 124 cm³/mol. The first kappa shape index (κ1) is 21.9. The highest BCUT2D eigenvalue weighted by molar-refractivity contribution is 7.84. The van der Waals surface area contributed by atoms with Gasteiger partial charge in [-0.3, -0.25) is 4.18 Å². The molecule has 0 amide bonds. The number of thiophene rings is 1. The van der Waals surface area contributed by atoms with Crippen molar-refractivity contribution in [1.29, 1.82) is 0 Å². The lowest BCUT2D eigenvalue weighted by molar-refractivity contribution is 0.101. The fourth-order valence-electron chi connectivity index (χ4n) is 5.37. The van der Waals surface area contributed by atoms with Gasteiger partial charge in [0.05, 0.1) is 28.6 Å². The minimum absolute atomic E-state index is 0.0973. The van der Waals surface area contributed by atoms with Crippen molar-refractivity contribution < 1.29 is 17.7 Å². The third-order valence-electron chi connectivity index (χ3n) is 6.93. The van der Waals surface area contributed by atoms with Gasteiger partial charge in [0.2, 0.25) is 0 Å². The predicted octanol–water partition coefficient (Wildman–Crippen LogP) is 3.43. The molecular formula is C23H27N3O4S2. The number of aromatic nitrogens is 2. The van der Waals surface area contributed by atoms with Crippen LogP contribution in [0, 0.1) is 5.92 Å². The standard InChI is InChI=1S/C23H27N3O4S2/c24-32(28,29)30-11-17-8-16(10-21(17)27)19-12-31-23-20(25-13-26-22(19)23)9-15-6-3-5-14-4-1-2-7-18(14)15/h1-2,4,7,12-13,15-17,21,27H,3,5-6,8-11H2,(H2,24,28,29)/t15-,16-,17+,21+/m1/s1. The summed E-state index contributed by atoms with van der Waals surface area (Å²) in [5, 5.41) is 17.5. The highest BCUT2D eigenvalue weighted by Gasteiger charge is 2.36. The van der Waals surface area contributed by atoms with E-state index in [0.29, 0.717) is 18.8 Å². The van der Waals surface area contributed by atoms with Crippen LogP contribution in [0.3, 0.4) is 0 Å². The van der Waals surface area contributed by atoms with E-state index in [1.165, 1.54) is 24.0 Å². The van der Waals surface area contributed by atoms with Gasteiger partial charge in [-0.25, -0.2) is 15.1 Å². The van der Waals surface area contributed by atoms with E-state index >= 15 is 0 Å². The molecule has 0 spiro atoms. The van der Waals surface area contributed by atoms with Crippen molar-refractivity contribution >= 4 is 31.9 Å². The molecule has 2 heterocycles. The topological polar surface area (TPSA) is 115 Å². The second kappa shape index (κ2) is 8.79. The van der Waals surface area contributed by atoms with Crippen LogP contribution in [0.25, 0.3) is 10.2 Å². The van der Waals surface area contributed by atoms with Crippen LogP contribution >= 0.6 is 11.3 Å². The van der Waals surface area contributed by atoms with Crippen molar-refractivity contribution in [3.05, 3.63) is 58.4 Å². The molecule has 2 aromatic heterocycles. The zero-order valence-electron chi connectivity index (χ0n) is 17.7. The molecule has 0 bridgehead atoms. The molecule has 1 saturated carbocycles. The van der Waals surface area contributed by atoms with E-state index in [1.807, 2.05) is 0 Å². The molecular weight excluding hydrogens is 446 g/mol. The maximum atomic E-state index is 11.1. The van der Waals surface area contributed by atoms with Crippen LogP contribution in [0.15, 0.2) is 36.0 Å².